The monoisotopic (exact) mass is 376 g/mol. The van der Waals surface area contributed by atoms with Crippen LogP contribution in [-0.2, 0) is 0 Å². The van der Waals surface area contributed by atoms with Crippen molar-refractivity contribution in [3.8, 4) is 11.5 Å². The second kappa shape index (κ2) is 7.60. The van der Waals surface area contributed by atoms with Gasteiger partial charge in [-0.2, -0.15) is 5.10 Å². The van der Waals surface area contributed by atoms with Crippen LogP contribution in [0.25, 0.3) is 0 Å². The SMILES string of the molecule is CCOc1ccc(C2CC(c3ccccc3O)=NN2C(=O)c2ccco2)cc1. The van der Waals surface area contributed by atoms with Crippen molar-refractivity contribution in [3.63, 3.8) is 0 Å². The average molecular weight is 376 g/mol. The average Bonchev–Trinajstić information content (AvgIpc) is 3.39. The van der Waals surface area contributed by atoms with Crippen LogP contribution < -0.4 is 4.74 Å². The number of amides is 1. The van der Waals surface area contributed by atoms with Gasteiger partial charge in [0.15, 0.2) is 5.76 Å². The summed E-state index contributed by atoms with van der Waals surface area (Å²) in [7, 11) is 0. The van der Waals surface area contributed by atoms with Gasteiger partial charge in [0.05, 0.1) is 24.6 Å². The number of aromatic hydroxyl groups is 1. The molecule has 0 bridgehead atoms. The minimum atomic E-state index is -0.325. The Morgan fingerprint density at radius 3 is 2.64 bits per heavy atom. The molecule has 0 saturated heterocycles. The van der Waals surface area contributed by atoms with Crippen molar-refractivity contribution in [2.24, 2.45) is 5.10 Å². The van der Waals surface area contributed by atoms with Crippen LogP contribution >= 0.6 is 0 Å². The molecule has 0 radical (unpaired) electrons. The van der Waals surface area contributed by atoms with E-state index < -0.39 is 0 Å². The lowest BCUT2D eigenvalue weighted by atomic mass is 9.98. The quantitative estimate of drug-likeness (QED) is 0.717. The largest absolute Gasteiger partial charge is 0.507 e. The Morgan fingerprint density at radius 2 is 1.96 bits per heavy atom. The van der Waals surface area contributed by atoms with E-state index in [1.807, 2.05) is 37.3 Å². The highest BCUT2D eigenvalue weighted by atomic mass is 16.5. The Morgan fingerprint density at radius 1 is 1.18 bits per heavy atom. The summed E-state index contributed by atoms with van der Waals surface area (Å²) < 4.78 is 10.8. The van der Waals surface area contributed by atoms with E-state index in [4.69, 9.17) is 9.15 Å². The molecule has 4 rings (SSSR count). The Kier molecular flexibility index (Phi) is 4.85. The van der Waals surface area contributed by atoms with Gasteiger partial charge in [-0.1, -0.05) is 24.3 Å². The maximum Gasteiger partial charge on any atom is 0.310 e. The Hall–Kier alpha value is -3.54. The number of phenolic OH excluding ortho intramolecular Hbond substituents is 1. The second-order valence-electron chi connectivity index (χ2n) is 6.41. The minimum absolute atomic E-state index is 0.138. The molecule has 1 amide bonds. The Bertz CT molecular complexity index is 994. The van der Waals surface area contributed by atoms with Gasteiger partial charge in [-0.25, -0.2) is 5.01 Å². The van der Waals surface area contributed by atoms with Crippen molar-refractivity contribution in [1.29, 1.82) is 0 Å². The first-order chi connectivity index (χ1) is 13.7. The molecule has 6 heteroatoms. The van der Waals surface area contributed by atoms with E-state index in [0.29, 0.717) is 24.3 Å². The Balaban J connectivity index is 1.70. The third kappa shape index (κ3) is 3.36. The number of carbonyl (C=O) groups excluding carboxylic acids is 1. The lowest BCUT2D eigenvalue weighted by Crippen LogP contribution is -2.26. The van der Waals surface area contributed by atoms with Gasteiger partial charge in [-0.3, -0.25) is 4.79 Å². The van der Waals surface area contributed by atoms with Crippen LogP contribution in [0, 0.1) is 0 Å². The van der Waals surface area contributed by atoms with Crippen molar-refractivity contribution in [1.82, 2.24) is 5.01 Å². The molecule has 1 N–H and O–H groups in total. The van der Waals surface area contributed by atoms with E-state index in [2.05, 4.69) is 5.10 Å². The number of benzene rings is 2. The van der Waals surface area contributed by atoms with Crippen LogP contribution in [0.5, 0.6) is 11.5 Å². The number of para-hydroxylation sites is 1. The zero-order valence-electron chi connectivity index (χ0n) is 15.4. The maximum absolute atomic E-state index is 13.0. The molecule has 0 fully saturated rings. The second-order valence-corrected chi connectivity index (χ2v) is 6.41. The molecule has 2 heterocycles. The highest BCUT2D eigenvalue weighted by molar-refractivity contribution is 6.06. The number of hydrogen-bond donors (Lipinski definition) is 1. The summed E-state index contributed by atoms with van der Waals surface area (Å²) in [6.07, 6.45) is 1.95. The molecule has 6 nitrogen and oxygen atoms in total. The van der Waals surface area contributed by atoms with Gasteiger partial charge in [0.25, 0.3) is 0 Å². The van der Waals surface area contributed by atoms with Gasteiger partial charge in [0.1, 0.15) is 11.5 Å². The summed E-state index contributed by atoms with van der Waals surface area (Å²) in [6, 6.07) is 17.6. The van der Waals surface area contributed by atoms with Gasteiger partial charge >= 0.3 is 5.91 Å². The molecule has 3 aromatic rings. The topological polar surface area (TPSA) is 75.3 Å². The van der Waals surface area contributed by atoms with Crippen molar-refractivity contribution in [2.75, 3.05) is 6.61 Å². The number of ether oxygens (including phenoxy) is 1. The molecule has 1 aromatic heterocycles. The number of furan rings is 1. The lowest BCUT2D eigenvalue weighted by Gasteiger charge is -2.21. The molecule has 2 aromatic carbocycles. The van der Waals surface area contributed by atoms with E-state index in [9.17, 15) is 9.90 Å². The van der Waals surface area contributed by atoms with Gasteiger partial charge in [0, 0.05) is 12.0 Å². The van der Waals surface area contributed by atoms with Crippen molar-refractivity contribution >= 4 is 11.6 Å². The van der Waals surface area contributed by atoms with E-state index >= 15 is 0 Å². The number of carbonyl (C=O) groups is 1. The highest BCUT2D eigenvalue weighted by Gasteiger charge is 2.35. The van der Waals surface area contributed by atoms with Crippen LogP contribution in [0.1, 0.15) is 41.1 Å². The fraction of sp³-hybridized carbons (Fsp3) is 0.182. The molecule has 28 heavy (non-hydrogen) atoms. The summed E-state index contributed by atoms with van der Waals surface area (Å²) in [5.74, 6) is 0.807. The predicted octanol–water partition coefficient (Wildman–Crippen LogP) is 4.38. The van der Waals surface area contributed by atoms with Crippen LogP contribution in [0.2, 0.25) is 0 Å². The smallest absolute Gasteiger partial charge is 0.310 e. The molecule has 142 valence electrons. The molecule has 1 aliphatic rings. The molecule has 1 unspecified atom stereocenters. The van der Waals surface area contributed by atoms with Gasteiger partial charge in [-0.05, 0) is 48.9 Å². The summed E-state index contributed by atoms with van der Waals surface area (Å²) >= 11 is 0. The summed E-state index contributed by atoms with van der Waals surface area (Å²) in [4.78, 5) is 13.0. The zero-order valence-corrected chi connectivity index (χ0v) is 15.4. The maximum atomic E-state index is 13.0. The predicted molar refractivity (Wildman–Crippen MR) is 104 cm³/mol. The van der Waals surface area contributed by atoms with Crippen molar-refractivity contribution in [3.05, 3.63) is 83.8 Å². The van der Waals surface area contributed by atoms with E-state index in [1.165, 1.54) is 11.3 Å². The number of rotatable bonds is 5. The molecular formula is C22H20N2O4. The minimum Gasteiger partial charge on any atom is -0.507 e. The van der Waals surface area contributed by atoms with Gasteiger partial charge < -0.3 is 14.3 Å². The van der Waals surface area contributed by atoms with E-state index in [0.717, 1.165) is 11.3 Å². The number of hydrazone groups is 1. The summed E-state index contributed by atoms with van der Waals surface area (Å²) in [5, 5.41) is 16.2. The first kappa shape index (κ1) is 17.9. The zero-order chi connectivity index (χ0) is 19.5. The van der Waals surface area contributed by atoms with E-state index in [-0.39, 0.29) is 23.5 Å². The third-order valence-corrected chi connectivity index (χ3v) is 4.64. The third-order valence-electron chi connectivity index (χ3n) is 4.64. The highest BCUT2D eigenvalue weighted by Crippen LogP contribution is 2.36. The fourth-order valence-electron chi connectivity index (χ4n) is 3.30. The van der Waals surface area contributed by atoms with Crippen LogP contribution in [0.3, 0.4) is 0 Å². The van der Waals surface area contributed by atoms with Crippen LogP contribution in [0.15, 0.2) is 76.4 Å². The molecule has 0 saturated carbocycles. The molecule has 1 aliphatic heterocycles. The first-order valence-corrected chi connectivity index (χ1v) is 9.13. The Labute approximate surface area is 162 Å². The molecule has 0 spiro atoms. The fourth-order valence-corrected chi connectivity index (χ4v) is 3.30. The lowest BCUT2D eigenvalue weighted by molar-refractivity contribution is 0.0678. The standard InChI is InChI=1S/C22H20N2O4/c1-2-27-16-11-9-15(10-12-16)19-14-18(17-6-3-4-7-20(17)25)23-24(19)22(26)21-8-5-13-28-21/h3-13,19,25H,2,14H2,1H3. The molecule has 0 aliphatic carbocycles. The number of hydrogen-bond acceptors (Lipinski definition) is 5. The van der Waals surface area contributed by atoms with Crippen LogP contribution in [-0.4, -0.2) is 28.3 Å². The van der Waals surface area contributed by atoms with E-state index in [1.54, 1.807) is 30.3 Å². The van der Waals surface area contributed by atoms with Crippen molar-refractivity contribution < 1.29 is 19.1 Å². The van der Waals surface area contributed by atoms with Gasteiger partial charge in [-0.15, -0.1) is 0 Å². The molecule has 1 atom stereocenters. The number of nitrogens with zero attached hydrogens (tertiary/aromatic N) is 2. The summed E-state index contributed by atoms with van der Waals surface area (Å²) in [5.41, 5.74) is 2.20. The van der Waals surface area contributed by atoms with Crippen molar-refractivity contribution in [2.45, 2.75) is 19.4 Å². The first-order valence-electron chi connectivity index (χ1n) is 9.13. The van der Waals surface area contributed by atoms with Crippen LogP contribution in [0.4, 0.5) is 0 Å². The summed E-state index contributed by atoms with van der Waals surface area (Å²) in [6.45, 7) is 2.52. The van der Waals surface area contributed by atoms with Gasteiger partial charge in [0.2, 0.25) is 0 Å². The normalized spacial score (nSPS) is 16.1. The number of phenols is 1. The molecular weight excluding hydrogens is 356 g/mol.